The first-order chi connectivity index (χ1) is 14.9. The van der Waals surface area contributed by atoms with Crippen LogP contribution in [0.15, 0.2) is 24.3 Å². The number of carbonyl (C=O) groups excluding carboxylic acids is 3. The number of aliphatic hydroxyl groups excluding tert-OH is 1. The molecule has 3 N–H and O–H groups in total. The van der Waals surface area contributed by atoms with Gasteiger partial charge < -0.3 is 25.4 Å². The number of nitrogens with one attached hydrogen (secondary N) is 2. The Bertz CT molecular complexity index is 880. The van der Waals surface area contributed by atoms with Gasteiger partial charge in [0.2, 0.25) is 17.7 Å². The zero-order chi connectivity index (χ0) is 22.2. The lowest BCUT2D eigenvalue weighted by Gasteiger charge is -2.33. The molecule has 168 valence electrons. The van der Waals surface area contributed by atoms with Crippen molar-refractivity contribution >= 4 is 35.0 Å². The Labute approximate surface area is 186 Å². The number of halogens is 1. The number of para-hydroxylation sites is 1. The topological polar surface area (TPSA) is 108 Å². The molecule has 0 aromatic heterocycles. The van der Waals surface area contributed by atoms with Gasteiger partial charge in [0.15, 0.2) is 0 Å². The van der Waals surface area contributed by atoms with Crippen LogP contribution in [0, 0.1) is 11.8 Å². The van der Waals surface area contributed by atoms with Crippen LogP contribution < -0.4 is 10.6 Å². The lowest BCUT2D eigenvalue weighted by atomic mass is 9.70. The molecule has 0 aliphatic carbocycles. The Kier molecular flexibility index (Phi) is 6.23. The summed E-state index contributed by atoms with van der Waals surface area (Å²) in [7, 11) is 0. The second-order valence-electron chi connectivity index (χ2n) is 8.42. The van der Waals surface area contributed by atoms with Crippen LogP contribution in [0.4, 0.5) is 5.69 Å². The van der Waals surface area contributed by atoms with Gasteiger partial charge in [-0.3, -0.25) is 14.4 Å². The molecule has 3 aliphatic heterocycles. The monoisotopic (exact) mass is 449 g/mol. The van der Waals surface area contributed by atoms with Gasteiger partial charge in [0.1, 0.15) is 11.6 Å². The molecule has 3 fully saturated rings. The molecule has 3 heterocycles. The van der Waals surface area contributed by atoms with Gasteiger partial charge in [-0.25, -0.2) is 0 Å². The lowest BCUT2D eigenvalue weighted by molar-refractivity contribution is -0.141. The molecule has 3 amide bonds. The van der Waals surface area contributed by atoms with E-state index in [1.807, 2.05) is 6.92 Å². The average molecular weight is 450 g/mol. The first-order valence-electron chi connectivity index (χ1n) is 10.9. The molecule has 1 aromatic rings. The molecule has 2 unspecified atom stereocenters. The normalized spacial score (nSPS) is 31.1. The SMILES string of the molecule is CCCNC(=O)[C@@H]1[C@H]2C(=O)N(CCCO)C(C(=O)Nc3ccccc3Cl)C23CC[C@H]1O3. The zero-order valence-corrected chi connectivity index (χ0v) is 18.2. The third-order valence-electron chi connectivity index (χ3n) is 6.59. The Morgan fingerprint density at radius 3 is 2.81 bits per heavy atom. The number of ether oxygens (including phenoxy) is 1. The number of rotatable bonds is 8. The van der Waals surface area contributed by atoms with Crippen LogP contribution in [0.25, 0.3) is 0 Å². The van der Waals surface area contributed by atoms with E-state index < -0.39 is 29.4 Å². The number of fused-ring (bicyclic) bond motifs is 1. The highest BCUT2D eigenvalue weighted by molar-refractivity contribution is 6.33. The molecule has 1 aromatic carbocycles. The summed E-state index contributed by atoms with van der Waals surface area (Å²) in [6.45, 7) is 2.60. The summed E-state index contributed by atoms with van der Waals surface area (Å²) in [5, 5.41) is 15.5. The van der Waals surface area contributed by atoms with Crippen molar-refractivity contribution in [2.24, 2.45) is 11.8 Å². The highest BCUT2D eigenvalue weighted by Crippen LogP contribution is 2.58. The standard InChI is InChI=1S/C22H28ClN3O5/c1-2-10-24-19(28)16-15-8-9-22(31-15)17(16)21(30)26(11-5-12-27)18(22)20(29)25-14-7-4-3-6-13(14)23/h3-4,6-7,15-18,27H,2,5,8-12H2,1H3,(H,24,28)(H,25,29)/t15-,16+,17+,18?,22?/m1/s1. The molecule has 1 spiro atoms. The van der Waals surface area contributed by atoms with Crippen LogP contribution in [-0.2, 0) is 19.1 Å². The second kappa shape index (κ2) is 8.76. The van der Waals surface area contributed by atoms with E-state index >= 15 is 0 Å². The van der Waals surface area contributed by atoms with Gasteiger partial charge in [-0.05, 0) is 37.8 Å². The Morgan fingerprint density at radius 1 is 1.32 bits per heavy atom. The van der Waals surface area contributed by atoms with E-state index in [-0.39, 0.29) is 31.1 Å². The molecule has 0 saturated carbocycles. The number of aliphatic hydroxyl groups is 1. The number of hydrogen-bond acceptors (Lipinski definition) is 5. The first-order valence-corrected chi connectivity index (χ1v) is 11.2. The van der Waals surface area contributed by atoms with Crippen LogP contribution in [0.1, 0.15) is 32.6 Å². The number of amides is 3. The van der Waals surface area contributed by atoms with Crippen LogP contribution in [-0.4, -0.2) is 65.2 Å². The van der Waals surface area contributed by atoms with E-state index in [0.717, 1.165) is 6.42 Å². The summed E-state index contributed by atoms with van der Waals surface area (Å²) >= 11 is 6.21. The Balaban J connectivity index is 1.66. The molecule has 4 rings (SSSR count). The second-order valence-corrected chi connectivity index (χ2v) is 8.83. The molecule has 5 atom stereocenters. The van der Waals surface area contributed by atoms with E-state index in [9.17, 15) is 19.5 Å². The predicted octanol–water partition coefficient (Wildman–Crippen LogP) is 1.56. The molecule has 3 saturated heterocycles. The van der Waals surface area contributed by atoms with Gasteiger partial charge in [-0.15, -0.1) is 0 Å². The van der Waals surface area contributed by atoms with E-state index in [1.54, 1.807) is 24.3 Å². The summed E-state index contributed by atoms with van der Waals surface area (Å²) in [4.78, 5) is 41.3. The van der Waals surface area contributed by atoms with Gasteiger partial charge in [-0.1, -0.05) is 30.7 Å². The zero-order valence-electron chi connectivity index (χ0n) is 17.5. The molecular formula is C22H28ClN3O5. The minimum Gasteiger partial charge on any atom is -0.396 e. The molecule has 3 aliphatic rings. The van der Waals surface area contributed by atoms with Crippen LogP contribution in [0.2, 0.25) is 5.02 Å². The summed E-state index contributed by atoms with van der Waals surface area (Å²) < 4.78 is 6.30. The number of nitrogens with zero attached hydrogens (tertiary/aromatic N) is 1. The lowest BCUT2D eigenvalue weighted by Crippen LogP contribution is -2.53. The molecule has 8 nitrogen and oxygen atoms in total. The first kappa shape index (κ1) is 22.0. The van der Waals surface area contributed by atoms with E-state index in [0.29, 0.717) is 36.5 Å². The third kappa shape index (κ3) is 3.60. The van der Waals surface area contributed by atoms with Crippen LogP contribution in [0.5, 0.6) is 0 Å². The largest absolute Gasteiger partial charge is 0.396 e. The Morgan fingerprint density at radius 2 is 2.10 bits per heavy atom. The fourth-order valence-electron chi connectivity index (χ4n) is 5.37. The van der Waals surface area contributed by atoms with Crippen molar-refractivity contribution in [2.45, 2.75) is 50.4 Å². The van der Waals surface area contributed by atoms with Crippen molar-refractivity contribution < 1.29 is 24.2 Å². The van der Waals surface area contributed by atoms with Crippen molar-refractivity contribution in [1.29, 1.82) is 0 Å². The number of benzene rings is 1. The van der Waals surface area contributed by atoms with E-state index in [1.165, 1.54) is 4.90 Å². The predicted molar refractivity (Wildman–Crippen MR) is 114 cm³/mol. The number of likely N-dealkylation sites (tertiary alicyclic amines) is 1. The van der Waals surface area contributed by atoms with Crippen molar-refractivity contribution in [1.82, 2.24) is 10.2 Å². The van der Waals surface area contributed by atoms with E-state index in [4.69, 9.17) is 16.3 Å². The minimum atomic E-state index is -1.04. The maximum absolute atomic E-state index is 13.5. The van der Waals surface area contributed by atoms with Crippen molar-refractivity contribution in [3.63, 3.8) is 0 Å². The summed E-state index contributed by atoms with van der Waals surface area (Å²) in [5.41, 5.74) is -0.593. The third-order valence-corrected chi connectivity index (χ3v) is 6.92. The maximum atomic E-state index is 13.5. The molecule has 0 radical (unpaired) electrons. The minimum absolute atomic E-state index is 0.107. The maximum Gasteiger partial charge on any atom is 0.250 e. The van der Waals surface area contributed by atoms with Crippen molar-refractivity contribution in [3.8, 4) is 0 Å². The fraction of sp³-hybridized carbons (Fsp3) is 0.591. The van der Waals surface area contributed by atoms with Gasteiger partial charge in [0.25, 0.3) is 0 Å². The quantitative estimate of drug-likeness (QED) is 0.558. The van der Waals surface area contributed by atoms with Gasteiger partial charge in [-0.2, -0.15) is 0 Å². The summed E-state index contributed by atoms with van der Waals surface area (Å²) in [6, 6.07) is 6.01. The molecular weight excluding hydrogens is 422 g/mol. The summed E-state index contributed by atoms with van der Waals surface area (Å²) in [5.74, 6) is -2.16. The average Bonchev–Trinajstić information content (AvgIpc) is 3.39. The van der Waals surface area contributed by atoms with Crippen molar-refractivity contribution in [2.75, 3.05) is 25.0 Å². The van der Waals surface area contributed by atoms with Crippen LogP contribution in [0.3, 0.4) is 0 Å². The van der Waals surface area contributed by atoms with Crippen molar-refractivity contribution in [3.05, 3.63) is 29.3 Å². The molecule has 2 bridgehead atoms. The highest BCUT2D eigenvalue weighted by atomic mass is 35.5. The smallest absolute Gasteiger partial charge is 0.250 e. The van der Waals surface area contributed by atoms with Gasteiger partial charge >= 0.3 is 0 Å². The summed E-state index contributed by atoms with van der Waals surface area (Å²) in [6.07, 6.45) is 1.90. The van der Waals surface area contributed by atoms with E-state index in [2.05, 4.69) is 10.6 Å². The van der Waals surface area contributed by atoms with Gasteiger partial charge in [0, 0.05) is 19.7 Å². The highest BCUT2D eigenvalue weighted by Gasteiger charge is 2.74. The molecule has 31 heavy (non-hydrogen) atoms. The fourth-order valence-corrected chi connectivity index (χ4v) is 5.55. The number of hydrogen-bond donors (Lipinski definition) is 3. The Hall–Kier alpha value is -2.16. The molecule has 9 heteroatoms. The number of carbonyl (C=O) groups is 3. The number of anilines is 1. The van der Waals surface area contributed by atoms with Gasteiger partial charge in [0.05, 0.1) is 28.6 Å². The van der Waals surface area contributed by atoms with Crippen LogP contribution >= 0.6 is 11.6 Å².